The molecule has 33 heavy (non-hydrogen) atoms. The standard InChI is InChI=1S/C23H25F3N4O3/c24-23(25,26)20(14-5-4-10-27-11-14)29-22(33)18-13-30(16-6-2-1-3-7-16)12-17(19(18)31)21(32)28-15-8-9-15/h4-5,10-13,15-16,20H,1-3,6-9H2,(H,28,32)(H,29,33). The molecule has 1 unspecified atom stereocenters. The topological polar surface area (TPSA) is 93.1 Å². The van der Waals surface area contributed by atoms with Crippen molar-refractivity contribution in [2.75, 3.05) is 0 Å². The molecule has 0 bridgehead atoms. The van der Waals surface area contributed by atoms with E-state index < -0.39 is 35.0 Å². The summed E-state index contributed by atoms with van der Waals surface area (Å²) in [5.74, 6) is -1.79. The molecule has 0 aromatic carbocycles. The van der Waals surface area contributed by atoms with Crippen LogP contribution in [0.2, 0.25) is 0 Å². The minimum absolute atomic E-state index is 0.0160. The molecule has 0 aliphatic heterocycles. The number of pyridine rings is 2. The molecule has 2 aromatic heterocycles. The number of hydrogen-bond donors (Lipinski definition) is 2. The Labute approximate surface area is 188 Å². The summed E-state index contributed by atoms with van der Waals surface area (Å²) in [6, 6.07) is 0.141. The van der Waals surface area contributed by atoms with Crippen LogP contribution in [-0.2, 0) is 0 Å². The largest absolute Gasteiger partial charge is 0.412 e. The zero-order valence-corrected chi connectivity index (χ0v) is 17.9. The van der Waals surface area contributed by atoms with Crippen LogP contribution in [0.1, 0.15) is 83.3 Å². The van der Waals surface area contributed by atoms with Crippen molar-refractivity contribution in [2.24, 2.45) is 0 Å². The molecular formula is C23H25F3N4O3. The van der Waals surface area contributed by atoms with Gasteiger partial charge in [0.25, 0.3) is 11.8 Å². The Morgan fingerprint density at radius 2 is 1.70 bits per heavy atom. The molecule has 2 saturated carbocycles. The van der Waals surface area contributed by atoms with E-state index >= 15 is 0 Å². The Morgan fingerprint density at radius 1 is 1.03 bits per heavy atom. The maximum Gasteiger partial charge on any atom is 0.412 e. The number of nitrogens with one attached hydrogen (secondary N) is 2. The Bertz CT molecular complexity index is 1070. The number of nitrogens with zero attached hydrogens (tertiary/aromatic N) is 2. The van der Waals surface area contributed by atoms with Crippen LogP contribution in [0.25, 0.3) is 0 Å². The van der Waals surface area contributed by atoms with Gasteiger partial charge in [0.1, 0.15) is 11.1 Å². The van der Waals surface area contributed by atoms with Gasteiger partial charge in [-0.3, -0.25) is 19.4 Å². The molecule has 0 radical (unpaired) electrons. The van der Waals surface area contributed by atoms with Crippen molar-refractivity contribution in [3.8, 4) is 0 Å². The van der Waals surface area contributed by atoms with Gasteiger partial charge in [-0.15, -0.1) is 0 Å². The van der Waals surface area contributed by atoms with Crippen LogP contribution in [-0.4, -0.2) is 33.6 Å². The first kappa shape index (κ1) is 23.0. The number of carbonyl (C=O) groups excluding carboxylic acids is 2. The average molecular weight is 462 g/mol. The normalized spacial score (nSPS) is 17.9. The highest BCUT2D eigenvalue weighted by Crippen LogP contribution is 2.33. The first-order valence-corrected chi connectivity index (χ1v) is 11.1. The van der Waals surface area contributed by atoms with E-state index in [0.29, 0.717) is 0 Å². The van der Waals surface area contributed by atoms with Crippen LogP contribution in [0.4, 0.5) is 13.2 Å². The lowest BCUT2D eigenvalue weighted by atomic mass is 9.95. The molecular weight excluding hydrogens is 437 g/mol. The second-order valence-corrected chi connectivity index (χ2v) is 8.64. The van der Waals surface area contributed by atoms with Gasteiger partial charge in [0.05, 0.1) is 0 Å². The average Bonchev–Trinajstić information content (AvgIpc) is 3.61. The van der Waals surface area contributed by atoms with Crippen molar-refractivity contribution in [2.45, 2.75) is 69.2 Å². The Kier molecular flexibility index (Phi) is 6.53. The van der Waals surface area contributed by atoms with Crippen molar-refractivity contribution in [1.29, 1.82) is 0 Å². The minimum atomic E-state index is -4.80. The van der Waals surface area contributed by atoms with Crippen molar-refractivity contribution < 1.29 is 22.8 Å². The summed E-state index contributed by atoms with van der Waals surface area (Å²) in [4.78, 5) is 42.4. The fourth-order valence-corrected chi connectivity index (χ4v) is 4.11. The van der Waals surface area contributed by atoms with Gasteiger partial charge in [-0.2, -0.15) is 13.2 Å². The number of halogens is 3. The van der Waals surface area contributed by atoms with Gasteiger partial charge in [-0.05, 0) is 31.7 Å². The Balaban J connectivity index is 1.70. The molecule has 0 spiro atoms. The molecule has 2 fully saturated rings. The van der Waals surface area contributed by atoms with E-state index in [-0.39, 0.29) is 23.2 Å². The summed E-state index contributed by atoms with van der Waals surface area (Å²) in [5.41, 5.74) is -1.86. The number of carbonyl (C=O) groups is 2. The Morgan fingerprint density at radius 3 is 2.27 bits per heavy atom. The lowest BCUT2D eigenvalue weighted by molar-refractivity contribution is -0.155. The first-order valence-electron chi connectivity index (χ1n) is 11.1. The monoisotopic (exact) mass is 462 g/mol. The summed E-state index contributed by atoms with van der Waals surface area (Å²) >= 11 is 0. The Hall–Kier alpha value is -3.17. The van der Waals surface area contributed by atoms with Gasteiger partial charge in [-0.1, -0.05) is 25.3 Å². The fraction of sp³-hybridized carbons (Fsp3) is 0.478. The van der Waals surface area contributed by atoms with E-state index in [2.05, 4.69) is 10.3 Å². The summed E-state index contributed by atoms with van der Waals surface area (Å²) in [6.45, 7) is 0. The number of amides is 2. The summed E-state index contributed by atoms with van der Waals surface area (Å²) < 4.78 is 42.8. The van der Waals surface area contributed by atoms with Crippen molar-refractivity contribution in [3.63, 3.8) is 0 Å². The smallest absolute Gasteiger partial charge is 0.349 e. The lowest BCUT2D eigenvalue weighted by Crippen LogP contribution is -2.41. The molecule has 0 saturated heterocycles. The predicted octanol–water partition coefficient (Wildman–Crippen LogP) is 3.67. The van der Waals surface area contributed by atoms with Crippen molar-refractivity contribution in [3.05, 3.63) is 63.8 Å². The number of aromatic nitrogens is 2. The molecule has 176 valence electrons. The van der Waals surface area contributed by atoms with Crippen LogP contribution in [0.5, 0.6) is 0 Å². The third kappa shape index (κ3) is 5.43. The molecule has 2 aliphatic carbocycles. The van der Waals surface area contributed by atoms with Crippen molar-refractivity contribution in [1.82, 2.24) is 20.2 Å². The predicted molar refractivity (Wildman–Crippen MR) is 114 cm³/mol. The van der Waals surface area contributed by atoms with Gasteiger partial charge < -0.3 is 15.2 Å². The van der Waals surface area contributed by atoms with E-state index in [1.165, 1.54) is 30.7 Å². The van der Waals surface area contributed by atoms with Crippen LogP contribution in [0.15, 0.2) is 41.7 Å². The molecule has 2 heterocycles. The number of hydrogen-bond acceptors (Lipinski definition) is 4. The summed E-state index contributed by atoms with van der Waals surface area (Å²) in [6.07, 6.45) is 6.43. The SMILES string of the molecule is O=C(NC1CC1)c1cn(C2CCCCC2)cc(C(=O)NC(c2cccnc2)C(F)(F)F)c1=O. The highest BCUT2D eigenvalue weighted by Gasteiger charge is 2.42. The summed E-state index contributed by atoms with van der Waals surface area (Å²) in [7, 11) is 0. The zero-order valence-electron chi connectivity index (χ0n) is 17.9. The zero-order chi connectivity index (χ0) is 23.6. The fourth-order valence-electron chi connectivity index (χ4n) is 4.11. The third-order valence-corrected chi connectivity index (χ3v) is 6.06. The van der Waals surface area contributed by atoms with Crippen LogP contribution in [0, 0.1) is 0 Å². The lowest BCUT2D eigenvalue weighted by Gasteiger charge is -2.26. The van der Waals surface area contributed by atoms with Gasteiger partial charge in [0.2, 0.25) is 5.43 Å². The number of rotatable bonds is 6. The molecule has 2 aromatic rings. The minimum Gasteiger partial charge on any atom is -0.349 e. The second-order valence-electron chi connectivity index (χ2n) is 8.64. The maximum atomic E-state index is 13.7. The van der Waals surface area contributed by atoms with Gasteiger partial charge in [0, 0.05) is 42.4 Å². The molecule has 10 heteroatoms. The molecule has 1 atom stereocenters. The van der Waals surface area contributed by atoms with Gasteiger partial charge in [0.15, 0.2) is 6.04 Å². The molecule has 2 aliphatic rings. The first-order chi connectivity index (χ1) is 15.7. The highest BCUT2D eigenvalue weighted by molar-refractivity contribution is 5.99. The summed E-state index contributed by atoms with van der Waals surface area (Å²) in [5, 5.41) is 4.66. The highest BCUT2D eigenvalue weighted by atomic mass is 19.4. The molecule has 2 amide bonds. The van der Waals surface area contributed by atoms with Gasteiger partial charge in [-0.25, -0.2) is 0 Å². The molecule has 4 rings (SSSR count). The van der Waals surface area contributed by atoms with Crippen LogP contribution >= 0.6 is 0 Å². The van der Waals surface area contributed by atoms with E-state index in [1.54, 1.807) is 4.57 Å². The van der Waals surface area contributed by atoms with E-state index in [9.17, 15) is 27.6 Å². The van der Waals surface area contributed by atoms with Crippen LogP contribution in [0.3, 0.4) is 0 Å². The molecule has 2 N–H and O–H groups in total. The van der Waals surface area contributed by atoms with Crippen LogP contribution < -0.4 is 16.1 Å². The molecule has 7 nitrogen and oxygen atoms in total. The van der Waals surface area contributed by atoms with Crippen molar-refractivity contribution >= 4 is 11.8 Å². The van der Waals surface area contributed by atoms with Gasteiger partial charge >= 0.3 is 6.18 Å². The van der Waals surface area contributed by atoms with E-state index in [0.717, 1.165) is 51.1 Å². The quantitative estimate of drug-likeness (QED) is 0.685. The third-order valence-electron chi connectivity index (χ3n) is 6.06. The number of alkyl halides is 3. The van der Waals surface area contributed by atoms with E-state index in [1.807, 2.05) is 5.32 Å². The van der Waals surface area contributed by atoms with E-state index in [4.69, 9.17) is 0 Å². The maximum absolute atomic E-state index is 13.7. The second kappa shape index (κ2) is 9.36.